The maximum absolute atomic E-state index is 6.52. The number of para-hydroxylation sites is 3. The molecule has 0 fully saturated rings. The van der Waals surface area contributed by atoms with Gasteiger partial charge >= 0.3 is 0 Å². The van der Waals surface area contributed by atoms with Crippen molar-refractivity contribution >= 4 is 54.5 Å². The standard InChI is InChI=1S/C67H42N4O/c1-3-14-43(15-4-1)45-28-32-47(33-29-45)65-68-66(48-34-30-46(31-35-48)44-16-5-2-6-17-44)70-67(69-65)49-36-39-51(40-37-49)71-61-26-9-7-18-56(61)60-42-50(38-41-62(60)71)52-20-11-22-54-53(52)21-12-23-55(54)58-24-13-25-59-57-19-8-10-27-63(57)72-64(58)59/h1-42H. The van der Waals surface area contributed by atoms with Crippen LogP contribution >= 0.6 is 0 Å². The van der Waals surface area contributed by atoms with E-state index in [-0.39, 0.29) is 0 Å². The van der Waals surface area contributed by atoms with Crippen molar-refractivity contribution in [2.24, 2.45) is 0 Å². The minimum absolute atomic E-state index is 0.611. The zero-order valence-electron chi connectivity index (χ0n) is 38.9. The van der Waals surface area contributed by atoms with Gasteiger partial charge in [0, 0.05) is 49.5 Å². The zero-order valence-corrected chi connectivity index (χ0v) is 38.9. The average Bonchev–Trinajstić information content (AvgIpc) is 4.01. The second kappa shape index (κ2) is 17.1. The Morgan fingerprint density at radius 2 is 0.694 bits per heavy atom. The van der Waals surface area contributed by atoms with Crippen molar-refractivity contribution in [1.82, 2.24) is 19.5 Å². The number of furan rings is 1. The van der Waals surface area contributed by atoms with Gasteiger partial charge in [-0.2, -0.15) is 0 Å². The summed E-state index contributed by atoms with van der Waals surface area (Å²) in [6.45, 7) is 0. The molecule has 3 aromatic heterocycles. The highest BCUT2D eigenvalue weighted by atomic mass is 16.3. The van der Waals surface area contributed by atoms with E-state index in [1.807, 2.05) is 24.3 Å². The van der Waals surface area contributed by atoms with Crippen molar-refractivity contribution in [3.63, 3.8) is 0 Å². The zero-order chi connectivity index (χ0) is 47.5. The summed E-state index contributed by atoms with van der Waals surface area (Å²) in [4.78, 5) is 15.3. The van der Waals surface area contributed by atoms with Crippen LogP contribution in [0.3, 0.4) is 0 Å². The van der Waals surface area contributed by atoms with E-state index in [9.17, 15) is 0 Å². The summed E-state index contributed by atoms with van der Waals surface area (Å²) in [7, 11) is 0. The van der Waals surface area contributed by atoms with E-state index in [2.05, 4.69) is 235 Å². The molecule has 72 heavy (non-hydrogen) atoms. The third-order valence-corrected chi connectivity index (χ3v) is 14.1. The molecular weight excluding hydrogens is 877 g/mol. The smallest absolute Gasteiger partial charge is 0.164 e. The number of nitrogens with zero attached hydrogens (tertiary/aromatic N) is 4. The molecule has 0 N–H and O–H groups in total. The third kappa shape index (κ3) is 7.06. The minimum atomic E-state index is 0.611. The number of benzene rings is 11. The average molecular weight is 919 g/mol. The topological polar surface area (TPSA) is 56.7 Å². The van der Waals surface area contributed by atoms with Crippen LogP contribution in [0.1, 0.15) is 0 Å². The Hall–Kier alpha value is -9.71. The first-order valence-corrected chi connectivity index (χ1v) is 24.3. The van der Waals surface area contributed by atoms with Crippen LogP contribution in [-0.4, -0.2) is 19.5 Å². The summed E-state index contributed by atoms with van der Waals surface area (Å²) in [5.74, 6) is 1.85. The molecule has 0 aliphatic carbocycles. The Morgan fingerprint density at radius 3 is 1.32 bits per heavy atom. The molecular formula is C67H42N4O. The highest BCUT2D eigenvalue weighted by Gasteiger charge is 2.19. The lowest BCUT2D eigenvalue weighted by atomic mass is 9.92. The van der Waals surface area contributed by atoms with E-state index >= 15 is 0 Å². The fraction of sp³-hybridized carbons (Fsp3) is 0. The van der Waals surface area contributed by atoms with Gasteiger partial charge in [0.05, 0.1) is 11.0 Å². The van der Waals surface area contributed by atoms with E-state index in [0.717, 1.165) is 94.3 Å². The lowest BCUT2D eigenvalue weighted by Crippen LogP contribution is -2.00. The van der Waals surface area contributed by atoms with Gasteiger partial charge in [0.2, 0.25) is 0 Å². The van der Waals surface area contributed by atoms with E-state index < -0.39 is 0 Å². The molecule has 14 rings (SSSR count). The molecule has 3 heterocycles. The molecule has 0 spiro atoms. The molecule has 0 amide bonds. The summed E-state index contributed by atoms with van der Waals surface area (Å²) in [5, 5.41) is 7.02. The molecule has 0 saturated heterocycles. The maximum atomic E-state index is 6.52. The fourth-order valence-corrected chi connectivity index (χ4v) is 10.6. The van der Waals surface area contributed by atoms with Gasteiger partial charge in [0.1, 0.15) is 11.2 Å². The van der Waals surface area contributed by atoms with Crippen molar-refractivity contribution in [2.45, 2.75) is 0 Å². The van der Waals surface area contributed by atoms with Crippen LogP contribution in [0, 0.1) is 0 Å². The van der Waals surface area contributed by atoms with Crippen LogP contribution in [0.25, 0.3) is 139 Å². The van der Waals surface area contributed by atoms with Gasteiger partial charge in [-0.3, -0.25) is 0 Å². The Labute approximate surface area is 415 Å². The van der Waals surface area contributed by atoms with Crippen LogP contribution in [0.4, 0.5) is 0 Å². The first kappa shape index (κ1) is 41.3. The molecule has 0 atom stereocenters. The molecule has 0 radical (unpaired) electrons. The van der Waals surface area contributed by atoms with Gasteiger partial charge in [-0.05, 0) is 98.2 Å². The predicted octanol–water partition coefficient (Wildman–Crippen LogP) is 17.7. The quantitative estimate of drug-likeness (QED) is 0.152. The van der Waals surface area contributed by atoms with E-state index in [4.69, 9.17) is 19.4 Å². The van der Waals surface area contributed by atoms with Crippen LogP contribution in [-0.2, 0) is 0 Å². The highest BCUT2D eigenvalue weighted by Crippen LogP contribution is 2.42. The summed E-state index contributed by atoms with van der Waals surface area (Å²) in [5.41, 5.74) is 17.1. The molecule has 14 aromatic rings. The highest BCUT2D eigenvalue weighted by molar-refractivity contribution is 6.15. The van der Waals surface area contributed by atoms with Gasteiger partial charge in [-0.15, -0.1) is 0 Å². The Morgan fingerprint density at radius 1 is 0.264 bits per heavy atom. The first-order valence-electron chi connectivity index (χ1n) is 24.3. The molecule has 0 unspecified atom stereocenters. The van der Waals surface area contributed by atoms with Gasteiger partial charge in [0.25, 0.3) is 0 Å². The molecule has 0 aliphatic rings. The largest absolute Gasteiger partial charge is 0.455 e. The predicted molar refractivity (Wildman–Crippen MR) is 297 cm³/mol. The summed E-state index contributed by atoms with van der Waals surface area (Å²) < 4.78 is 8.88. The molecule has 0 saturated carbocycles. The Kier molecular flexibility index (Phi) is 9.78. The van der Waals surface area contributed by atoms with Crippen molar-refractivity contribution < 1.29 is 4.42 Å². The van der Waals surface area contributed by atoms with Gasteiger partial charge in [0.15, 0.2) is 17.5 Å². The van der Waals surface area contributed by atoms with Crippen molar-refractivity contribution in [1.29, 1.82) is 0 Å². The lowest BCUT2D eigenvalue weighted by molar-refractivity contribution is 0.670. The number of aromatic nitrogens is 4. The number of hydrogen-bond acceptors (Lipinski definition) is 4. The van der Waals surface area contributed by atoms with Crippen molar-refractivity contribution in [2.75, 3.05) is 0 Å². The SMILES string of the molecule is c1ccc(-c2ccc(-c3nc(-c4ccc(-c5ccccc5)cc4)nc(-c4ccc(-n5c6ccccc6c6cc(-c7cccc8c(-c9cccc%10c9oc9ccccc9%10)cccc78)ccc65)cc4)n3)cc2)cc1. The molecule has 5 nitrogen and oxygen atoms in total. The van der Waals surface area contributed by atoms with Crippen LogP contribution in [0.2, 0.25) is 0 Å². The number of fused-ring (bicyclic) bond motifs is 7. The monoisotopic (exact) mass is 918 g/mol. The van der Waals surface area contributed by atoms with E-state index in [1.165, 1.54) is 27.1 Å². The van der Waals surface area contributed by atoms with Crippen molar-refractivity contribution in [3.05, 3.63) is 255 Å². The van der Waals surface area contributed by atoms with Gasteiger partial charge < -0.3 is 8.98 Å². The Balaban J connectivity index is 0.842. The molecule has 336 valence electrons. The summed E-state index contributed by atoms with van der Waals surface area (Å²) in [6.07, 6.45) is 0. The Bertz CT molecular complexity index is 4250. The minimum Gasteiger partial charge on any atom is -0.455 e. The van der Waals surface area contributed by atoms with Gasteiger partial charge in [-0.25, -0.2) is 15.0 Å². The van der Waals surface area contributed by atoms with E-state index in [0.29, 0.717) is 17.5 Å². The maximum Gasteiger partial charge on any atom is 0.164 e. The third-order valence-electron chi connectivity index (χ3n) is 14.1. The van der Waals surface area contributed by atoms with Crippen LogP contribution in [0.15, 0.2) is 259 Å². The molecule has 0 bridgehead atoms. The molecule has 11 aromatic carbocycles. The number of rotatable bonds is 8. The van der Waals surface area contributed by atoms with Crippen molar-refractivity contribution in [3.8, 4) is 84.4 Å². The number of hydrogen-bond donors (Lipinski definition) is 0. The first-order chi connectivity index (χ1) is 35.7. The second-order valence-corrected chi connectivity index (χ2v) is 18.3. The van der Waals surface area contributed by atoms with Crippen LogP contribution in [0.5, 0.6) is 0 Å². The second-order valence-electron chi connectivity index (χ2n) is 18.3. The van der Waals surface area contributed by atoms with Gasteiger partial charge in [-0.1, -0.05) is 206 Å². The summed E-state index contributed by atoms with van der Waals surface area (Å²) >= 11 is 0. The fourth-order valence-electron chi connectivity index (χ4n) is 10.6. The van der Waals surface area contributed by atoms with E-state index in [1.54, 1.807) is 0 Å². The normalized spacial score (nSPS) is 11.6. The van der Waals surface area contributed by atoms with Crippen LogP contribution < -0.4 is 0 Å². The molecule has 5 heteroatoms. The lowest BCUT2D eigenvalue weighted by Gasteiger charge is -2.13. The molecule has 0 aliphatic heterocycles. The summed E-state index contributed by atoms with van der Waals surface area (Å²) in [6, 6.07) is 90.0.